The van der Waals surface area contributed by atoms with E-state index in [0.29, 0.717) is 19.6 Å². The molecule has 12 heavy (non-hydrogen) atoms. The van der Waals surface area contributed by atoms with Crippen LogP contribution in [0.3, 0.4) is 0 Å². The summed E-state index contributed by atoms with van der Waals surface area (Å²) in [7, 11) is 0. The summed E-state index contributed by atoms with van der Waals surface area (Å²) in [6.07, 6.45) is 1.37. The maximum absolute atomic E-state index is 10.4. The summed E-state index contributed by atoms with van der Waals surface area (Å²) in [5.74, 6) is -0.689. The molecule has 2 unspecified atom stereocenters. The smallest absolute Gasteiger partial charge is 0.306 e. The van der Waals surface area contributed by atoms with Crippen molar-refractivity contribution in [1.82, 2.24) is 0 Å². The number of ether oxygens (including phenoxy) is 1. The summed E-state index contributed by atoms with van der Waals surface area (Å²) >= 11 is 0. The number of aliphatic carboxylic acids is 1. The second-order valence-corrected chi connectivity index (χ2v) is 3.09. The van der Waals surface area contributed by atoms with E-state index < -0.39 is 5.97 Å². The van der Waals surface area contributed by atoms with E-state index in [2.05, 4.69) is 0 Å². The molecule has 4 nitrogen and oxygen atoms in total. The monoisotopic (exact) mass is 174 g/mol. The molecule has 0 aromatic heterocycles. The Kier molecular flexibility index (Phi) is 3.49. The molecule has 0 aromatic rings. The lowest BCUT2D eigenvalue weighted by atomic mass is 10.3. The molecule has 0 aliphatic heterocycles. The van der Waals surface area contributed by atoms with Crippen LogP contribution in [-0.4, -0.2) is 36.0 Å². The van der Waals surface area contributed by atoms with Crippen molar-refractivity contribution in [2.75, 3.05) is 19.8 Å². The van der Waals surface area contributed by atoms with Crippen LogP contribution in [0, 0.1) is 11.8 Å². The Bertz CT molecular complexity index is 157. The van der Waals surface area contributed by atoms with E-state index in [-0.39, 0.29) is 18.4 Å². The average Bonchev–Trinajstić information content (AvgIpc) is 2.77. The number of aliphatic hydroxyl groups is 1. The van der Waals surface area contributed by atoms with Crippen LogP contribution < -0.4 is 0 Å². The van der Waals surface area contributed by atoms with Gasteiger partial charge in [0.1, 0.15) is 0 Å². The molecule has 1 fully saturated rings. The molecule has 0 heterocycles. The molecule has 2 N–H and O–H groups in total. The summed E-state index contributed by atoms with van der Waals surface area (Å²) in [6.45, 7) is 1.18. The molecule has 4 heteroatoms. The summed E-state index contributed by atoms with van der Waals surface area (Å²) in [6, 6.07) is 0. The van der Waals surface area contributed by atoms with Crippen LogP contribution in [0.1, 0.15) is 12.8 Å². The minimum atomic E-state index is -0.717. The summed E-state index contributed by atoms with van der Waals surface area (Å²) in [5.41, 5.74) is 0. The standard InChI is InChI=1S/C8H14O4/c9-2-1-3-12-5-6-4-7(6)8(10)11/h6-7,9H,1-5H2,(H,10,11). The van der Waals surface area contributed by atoms with Crippen molar-refractivity contribution in [1.29, 1.82) is 0 Å². The number of rotatable bonds is 6. The Morgan fingerprint density at radius 2 is 2.33 bits per heavy atom. The van der Waals surface area contributed by atoms with Crippen LogP contribution >= 0.6 is 0 Å². The van der Waals surface area contributed by atoms with Gasteiger partial charge in [0.2, 0.25) is 0 Å². The van der Waals surface area contributed by atoms with Crippen molar-refractivity contribution in [3.8, 4) is 0 Å². The molecule has 70 valence electrons. The lowest BCUT2D eigenvalue weighted by Crippen LogP contribution is -2.05. The molecule has 0 radical (unpaired) electrons. The van der Waals surface area contributed by atoms with Crippen molar-refractivity contribution in [3.63, 3.8) is 0 Å². The Labute approximate surface area is 71.2 Å². The molecule has 1 aliphatic carbocycles. The van der Waals surface area contributed by atoms with Gasteiger partial charge in [0.25, 0.3) is 0 Å². The fourth-order valence-electron chi connectivity index (χ4n) is 1.14. The van der Waals surface area contributed by atoms with Gasteiger partial charge in [0.05, 0.1) is 12.5 Å². The van der Waals surface area contributed by atoms with E-state index in [4.69, 9.17) is 14.9 Å². The SMILES string of the molecule is O=C(O)C1CC1COCCCO. The second-order valence-electron chi connectivity index (χ2n) is 3.09. The van der Waals surface area contributed by atoms with Crippen molar-refractivity contribution in [2.45, 2.75) is 12.8 Å². The van der Waals surface area contributed by atoms with Crippen LogP contribution in [0.15, 0.2) is 0 Å². The number of aliphatic hydroxyl groups excluding tert-OH is 1. The first-order chi connectivity index (χ1) is 5.75. The van der Waals surface area contributed by atoms with Gasteiger partial charge >= 0.3 is 5.97 Å². The highest BCUT2D eigenvalue weighted by atomic mass is 16.5. The van der Waals surface area contributed by atoms with Crippen LogP contribution in [0.25, 0.3) is 0 Å². The zero-order chi connectivity index (χ0) is 8.97. The number of hydrogen-bond acceptors (Lipinski definition) is 3. The molecule has 1 saturated carbocycles. The predicted octanol–water partition coefficient (Wildman–Crippen LogP) is 0.106. The lowest BCUT2D eigenvalue weighted by Gasteiger charge is -2.00. The third-order valence-electron chi connectivity index (χ3n) is 2.02. The van der Waals surface area contributed by atoms with Crippen molar-refractivity contribution in [2.24, 2.45) is 11.8 Å². The molecular formula is C8H14O4. The third kappa shape index (κ3) is 2.79. The topological polar surface area (TPSA) is 66.8 Å². The Balaban J connectivity index is 1.93. The van der Waals surface area contributed by atoms with Crippen LogP contribution in [0.5, 0.6) is 0 Å². The molecule has 0 aromatic carbocycles. The highest BCUT2D eigenvalue weighted by Gasteiger charge is 2.42. The van der Waals surface area contributed by atoms with Crippen molar-refractivity contribution < 1.29 is 19.7 Å². The van der Waals surface area contributed by atoms with Crippen LogP contribution in [-0.2, 0) is 9.53 Å². The molecule has 1 aliphatic rings. The summed E-state index contributed by atoms with van der Waals surface area (Å²) < 4.78 is 5.16. The van der Waals surface area contributed by atoms with Gasteiger partial charge in [0, 0.05) is 13.2 Å². The maximum Gasteiger partial charge on any atom is 0.306 e. The zero-order valence-corrected chi connectivity index (χ0v) is 6.90. The van der Waals surface area contributed by atoms with E-state index >= 15 is 0 Å². The fraction of sp³-hybridized carbons (Fsp3) is 0.875. The van der Waals surface area contributed by atoms with E-state index in [1.807, 2.05) is 0 Å². The molecule has 0 spiro atoms. The quantitative estimate of drug-likeness (QED) is 0.561. The van der Waals surface area contributed by atoms with E-state index in [1.54, 1.807) is 0 Å². The zero-order valence-electron chi connectivity index (χ0n) is 6.90. The molecule has 1 rings (SSSR count). The van der Waals surface area contributed by atoms with Gasteiger partial charge in [-0.2, -0.15) is 0 Å². The molecule has 0 saturated heterocycles. The van der Waals surface area contributed by atoms with E-state index in [9.17, 15) is 4.79 Å². The highest BCUT2D eigenvalue weighted by Crippen LogP contribution is 2.38. The predicted molar refractivity (Wildman–Crippen MR) is 41.8 cm³/mol. The number of carboxylic acids is 1. The average molecular weight is 174 g/mol. The highest BCUT2D eigenvalue weighted by molar-refractivity contribution is 5.73. The first-order valence-corrected chi connectivity index (χ1v) is 4.17. The van der Waals surface area contributed by atoms with E-state index in [1.165, 1.54) is 0 Å². The lowest BCUT2D eigenvalue weighted by molar-refractivity contribution is -0.139. The Hall–Kier alpha value is -0.610. The van der Waals surface area contributed by atoms with Gasteiger partial charge in [-0.1, -0.05) is 0 Å². The molecule has 0 amide bonds. The van der Waals surface area contributed by atoms with E-state index in [0.717, 1.165) is 6.42 Å². The molecule has 0 bridgehead atoms. The van der Waals surface area contributed by atoms with Gasteiger partial charge in [-0.25, -0.2) is 0 Å². The number of hydrogen-bond donors (Lipinski definition) is 2. The normalized spacial score (nSPS) is 27.1. The minimum Gasteiger partial charge on any atom is -0.481 e. The second kappa shape index (κ2) is 4.42. The first kappa shape index (κ1) is 9.48. The Morgan fingerprint density at radius 3 is 2.83 bits per heavy atom. The molecule has 2 atom stereocenters. The molecular weight excluding hydrogens is 160 g/mol. The first-order valence-electron chi connectivity index (χ1n) is 4.17. The van der Waals surface area contributed by atoms with Gasteiger partial charge in [-0.05, 0) is 18.8 Å². The third-order valence-corrected chi connectivity index (χ3v) is 2.02. The van der Waals surface area contributed by atoms with Crippen molar-refractivity contribution >= 4 is 5.97 Å². The number of carbonyl (C=O) groups is 1. The van der Waals surface area contributed by atoms with Gasteiger partial charge in [0.15, 0.2) is 0 Å². The minimum absolute atomic E-state index is 0.132. The van der Waals surface area contributed by atoms with Gasteiger partial charge in [-0.15, -0.1) is 0 Å². The number of carboxylic acid groups (broad SMARTS) is 1. The van der Waals surface area contributed by atoms with Gasteiger partial charge < -0.3 is 14.9 Å². The Morgan fingerprint density at radius 1 is 1.58 bits per heavy atom. The fourth-order valence-corrected chi connectivity index (χ4v) is 1.14. The summed E-state index contributed by atoms with van der Waals surface area (Å²) in [5, 5.41) is 16.9. The van der Waals surface area contributed by atoms with Gasteiger partial charge in [-0.3, -0.25) is 4.79 Å². The largest absolute Gasteiger partial charge is 0.481 e. The van der Waals surface area contributed by atoms with Crippen molar-refractivity contribution in [3.05, 3.63) is 0 Å². The maximum atomic E-state index is 10.4. The summed E-state index contributed by atoms with van der Waals surface area (Å²) in [4.78, 5) is 10.4. The van der Waals surface area contributed by atoms with Crippen LogP contribution in [0.2, 0.25) is 0 Å². The van der Waals surface area contributed by atoms with Crippen LogP contribution in [0.4, 0.5) is 0 Å².